The number of aromatic nitrogens is 3. The molecular formula is C13H11N3OS. The number of ketones is 1. The van der Waals surface area contributed by atoms with Crippen molar-refractivity contribution in [3.8, 4) is 11.3 Å². The van der Waals surface area contributed by atoms with E-state index < -0.39 is 0 Å². The van der Waals surface area contributed by atoms with Gasteiger partial charge in [0.05, 0.1) is 16.7 Å². The Kier molecular flexibility index (Phi) is 2.48. The number of fused-ring (bicyclic) bond motifs is 1. The number of H-pyrrole nitrogens is 1. The Morgan fingerprint density at radius 3 is 2.89 bits per heavy atom. The first-order chi connectivity index (χ1) is 8.63. The van der Waals surface area contributed by atoms with Crippen molar-refractivity contribution in [2.75, 3.05) is 0 Å². The molecule has 0 aliphatic rings. The van der Waals surface area contributed by atoms with Crippen LogP contribution in [0.5, 0.6) is 0 Å². The van der Waals surface area contributed by atoms with Crippen LogP contribution in [0.4, 0.5) is 0 Å². The SMILES string of the molecule is CC(=O)c1nc(-c2ccc3nc(C)[nH]c3c2)cs1. The number of nitrogens with one attached hydrogen (secondary N) is 1. The Labute approximate surface area is 108 Å². The van der Waals surface area contributed by atoms with Gasteiger partial charge in [-0.2, -0.15) is 0 Å². The number of Topliss-reactive ketones (excluding diaryl/α,β-unsaturated/α-hetero) is 1. The van der Waals surface area contributed by atoms with Gasteiger partial charge in [0.2, 0.25) is 0 Å². The summed E-state index contributed by atoms with van der Waals surface area (Å²) >= 11 is 1.38. The van der Waals surface area contributed by atoms with E-state index in [1.165, 1.54) is 18.3 Å². The van der Waals surface area contributed by atoms with Crippen LogP contribution in [0, 0.1) is 6.92 Å². The Hall–Kier alpha value is -2.01. The molecule has 3 rings (SSSR count). The highest BCUT2D eigenvalue weighted by Gasteiger charge is 2.09. The predicted molar refractivity (Wildman–Crippen MR) is 71.9 cm³/mol. The zero-order valence-electron chi connectivity index (χ0n) is 10.0. The second kappa shape index (κ2) is 4.03. The number of imidazole rings is 1. The van der Waals surface area contributed by atoms with Crippen molar-refractivity contribution >= 4 is 28.2 Å². The second-order valence-electron chi connectivity index (χ2n) is 4.15. The molecule has 0 saturated carbocycles. The van der Waals surface area contributed by atoms with Gasteiger partial charge in [-0.3, -0.25) is 4.79 Å². The number of benzene rings is 1. The molecule has 3 aromatic rings. The summed E-state index contributed by atoms with van der Waals surface area (Å²) in [7, 11) is 0. The highest BCUT2D eigenvalue weighted by Crippen LogP contribution is 2.25. The van der Waals surface area contributed by atoms with Crippen molar-refractivity contribution < 1.29 is 4.79 Å². The molecule has 2 heterocycles. The Morgan fingerprint density at radius 1 is 1.33 bits per heavy atom. The maximum atomic E-state index is 11.2. The third-order valence-electron chi connectivity index (χ3n) is 2.70. The summed E-state index contributed by atoms with van der Waals surface area (Å²) in [5.41, 5.74) is 3.76. The van der Waals surface area contributed by atoms with E-state index in [-0.39, 0.29) is 5.78 Å². The van der Waals surface area contributed by atoms with Crippen molar-refractivity contribution in [2.24, 2.45) is 0 Å². The van der Waals surface area contributed by atoms with Gasteiger partial charge < -0.3 is 4.98 Å². The average molecular weight is 257 g/mol. The van der Waals surface area contributed by atoms with E-state index in [0.29, 0.717) is 5.01 Å². The average Bonchev–Trinajstić information content (AvgIpc) is 2.91. The van der Waals surface area contributed by atoms with Crippen LogP contribution in [0.15, 0.2) is 23.6 Å². The van der Waals surface area contributed by atoms with Crippen molar-refractivity contribution in [3.63, 3.8) is 0 Å². The summed E-state index contributed by atoms with van der Waals surface area (Å²) in [4.78, 5) is 23.1. The summed E-state index contributed by atoms with van der Waals surface area (Å²) in [5, 5.41) is 2.45. The zero-order chi connectivity index (χ0) is 12.7. The monoisotopic (exact) mass is 257 g/mol. The van der Waals surface area contributed by atoms with E-state index in [9.17, 15) is 4.79 Å². The van der Waals surface area contributed by atoms with Gasteiger partial charge in [-0.05, 0) is 19.1 Å². The lowest BCUT2D eigenvalue weighted by Crippen LogP contribution is -1.89. The van der Waals surface area contributed by atoms with Crippen LogP contribution in [0.25, 0.3) is 22.3 Å². The molecular weight excluding hydrogens is 246 g/mol. The normalized spacial score (nSPS) is 11.0. The van der Waals surface area contributed by atoms with Gasteiger partial charge in [-0.15, -0.1) is 11.3 Å². The number of aromatic amines is 1. The topological polar surface area (TPSA) is 58.6 Å². The Bertz CT molecular complexity index is 742. The number of thiazole rings is 1. The van der Waals surface area contributed by atoms with E-state index >= 15 is 0 Å². The van der Waals surface area contributed by atoms with Crippen LogP contribution >= 0.6 is 11.3 Å². The number of carbonyl (C=O) groups excluding carboxylic acids is 1. The maximum Gasteiger partial charge on any atom is 0.188 e. The van der Waals surface area contributed by atoms with Gasteiger partial charge >= 0.3 is 0 Å². The fraction of sp³-hybridized carbons (Fsp3) is 0.154. The number of nitrogens with zero attached hydrogens (tertiary/aromatic N) is 2. The molecule has 0 saturated heterocycles. The molecule has 2 aromatic heterocycles. The van der Waals surface area contributed by atoms with Crippen molar-refractivity contribution in [2.45, 2.75) is 13.8 Å². The lowest BCUT2D eigenvalue weighted by atomic mass is 10.1. The fourth-order valence-corrected chi connectivity index (χ4v) is 2.59. The van der Waals surface area contributed by atoms with E-state index in [1.54, 1.807) is 0 Å². The van der Waals surface area contributed by atoms with Crippen LogP contribution < -0.4 is 0 Å². The summed E-state index contributed by atoms with van der Waals surface area (Å²) in [6.45, 7) is 3.46. The van der Waals surface area contributed by atoms with Crippen LogP contribution in [0.1, 0.15) is 22.6 Å². The molecule has 0 aliphatic heterocycles. The Morgan fingerprint density at radius 2 is 2.17 bits per heavy atom. The first-order valence-electron chi connectivity index (χ1n) is 5.57. The molecule has 0 aliphatic carbocycles. The molecule has 4 nitrogen and oxygen atoms in total. The quantitative estimate of drug-likeness (QED) is 0.717. The third kappa shape index (κ3) is 1.82. The van der Waals surface area contributed by atoms with Gasteiger partial charge in [0.25, 0.3) is 0 Å². The molecule has 1 N–H and O–H groups in total. The smallest absolute Gasteiger partial charge is 0.188 e. The van der Waals surface area contributed by atoms with E-state index in [1.807, 2.05) is 30.5 Å². The highest BCUT2D eigenvalue weighted by atomic mass is 32.1. The lowest BCUT2D eigenvalue weighted by Gasteiger charge is -1.96. The summed E-state index contributed by atoms with van der Waals surface area (Å²) in [6.07, 6.45) is 0. The van der Waals surface area contributed by atoms with Crippen molar-refractivity contribution in [1.29, 1.82) is 0 Å². The van der Waals surface area contributed by atoms with E-state index in [0.717, 1.165) is 28.1 Å². The number of aryl methyl sites for hydroxylation is 1. The number of carbonyl (C=O) groups is 1. The number of hydrogen-bond donors (Lipinski definition) is 1. The van der Waals surface area contributed by atoms with Gasteiger partial charge in [-0.1, -0.05) is 6.07 Å². The zero-order valence-corrected chi connectivity index (χ0v) is 10.8. The maximum absolute atomic E-state index is 11.2. The van der Waals surface area contributed by atoms with Crippen LogP contribution in [0.3, 0.4) is 0 Å². The number of rotatable bonds is 2. The van der Waals surface area contributed by atoms with E-state index in [2.05, 4.69) is 15.0 Å². The van der Waals surface area contributed by atoms with Gasteiger partial charge in [-0.25, -0.2) is 9.97 Å². The van der Waals surface area contributed by atoms with Crippen molar-refractivity contribution in [3.05, 3.63) is 34.4 Å². The molecule has 0 amide bonds. The van der Waals surface area contributed by atoms with Crippen LogP contribution in [-0.2, 0) is 0 Å². The first-order valence-corrected chi connectivity index (χ1v) is 6.44. The minimum absolute atomic E-state index is 0.00436. The fourth-order valence-electron chi connectivity index (χ4n) is 1.86. The van der Waals surface area contributed by atoms with E-state index in [4.69, 9.17) is 0 Å². The summed E-state index contributed by atoms with van der Waals surface area (Å²) in [5.74, 6) is 0.898. The molecule has 0 fully saturated rings. The van der Waals surface area contributed by atoms with Gasteiger partial charge in [0, 0.05) is 17.9 Å². The highest BCUT2D eigenvalue weighted by molar-refractivity contribution is 7.12. The predicted octanol–water partition coefficient (Wildman–Crippen LogP) is 3.20. The lowest BCUT2D eigenvalue weighted by molar-refractivity contribution is 0.101. The first kappa shape index (κ1) is 11.1. The molecule has 90 valence electrons. The van der Waals surface area contributed by atoms with Crippen LogP contribution in [-0.4, -0.2) is 20.7 Å². The summed E-state index contributed by atoms with van der Waals surface area (Å²) < 4.78 is 0. The molecule has 0 atom stereocenters. The van der Waals surface area contributed by atoms with Gasteiger partial charge in [0.15, 0.2) is 10.8 Å². The molecule has 0 radical (unpaired) electrons. The number of hydrogen-bond acceptors (Lipinski definition) is 4. The molecule has 1 aromatic carbocycles. The standard InChI is InChI=1S/C13H11N3OS/c1-7(17)13-16-12(6-18-13)9-3-4-10-11(5-9)15-8(2)14-10/h3-6H,1-2H3,(H,14,15). The molecule has 5 heteroatoms. The van der Waals surface area contributed by atoms with Crippen molar-refractivity contribution in [1.82, 2.24) is 15.0 Å². The summed E-state index contributed by atoms with van der Waals surface area (Å²) in [6, 6.07) is 5.94. The Balaban J connectivity index is 2.09. The molecule has 18 heavy (non-hydrogen) atoms. The molecule has 0 spiro atoms. The van der Waals surface area contributed by atoms with Gasteiger partial charge in [0.1, 0.15) is 5.82 Å². The second-order valence-corrected chi connectivity index (χ2v) is 5.01. The minimum Gasteiger partial charge on any atom is -0.342 e. The third-order valence-corrected chi connectivity index (χ3v) is 3.64. The van der Waals surface area contributed by atoms with Crippen LogP contribution in [0.2, 0.25) is 0 Å². The minimum atomic E-state index is 0.00436. The largest absolute Gasteiger partial charge is 0.342 e. The molecule has 0 bridgehead atoms. The molecule has 0 unspecified atom stereocenters.